The van der Waals surface area contributed by atoms with E-state index in [0.717, 1.165) is 0 Å². The molecule has 3 nitrogen and oxygen atoms in total. The predicted octanol–water partition coefficient (Wildman–Crippen LogP) is -0.359. The molecule has 0 amide bonds. The molecular weight excluding hydrogens is 299 g/mol. The quantitative estimate of drug-likeness (QED) is 0.585. The van der Waals surface area contributed by atoms with Gasteiger partial charge in [0.05, 0.1) is 0 Å². The Labute approximate surface area is 85.7 Å². The van der Waals surface area contributed by atoms with E-state index in [2.05, 4.69) is 0 Å². The fourth-order valence-electron chi connectivity index (χ4n) is 0. The summed E-state index contributed by atoms with van der Waals surface area (Å²) in [6, 6.07) is 0. The van der Waals surface area contributed by atoms with Crippen LogP contribution in [0.3, 0.4) is 0 Å². The van der Waals surface area contributed by atoms with Gasteiger partial charge in [0.2, 0.25) is 0 Å². The van der Waals surface area contributed by atoms with Crippen LogP contribution < -0.4 is 0 Å². The standard InChI is InChI=1S/Dy.3O.Y/q+3;3*-2;+3. The zero-order valence-electron chi connectivity index (χ0n) is 2.12. The van der Waals surface area contributed by atoms with Crippen LogP contribution in [0.15, 0.2) is 0 Å². The average Bonchev–Trinajstić information content (AvgIpc) is 0. The minimum absolute atomic E-state index is 0. The molecule has 0 atom stereocenters. The van der Waals surface area contributed by atoms with E-state index >= 15 is 0 Å². The fraction of sp³-hybridized carbons (Fsp3) is 0. The van der Waals surface area contributed by atoms with E-state index in [4.69, 9.17) is 0 Å². The third kappa shape index (κ3) is 22.3. The van der Waals surface area contributed by atoms with Crippen LogP contribution in [0.2, 0.25) is 0 Å². The van der Waals surface area contributed by atoms with Crippen molar-refractivity contribution in [1.29, 1.82) is 0 Å². The second kappa shape index (κ2) is 33.9. The molecule has 0 rings (SSSR count). The number of hydrogen-bond donors (Lipinski definition) is 0. The Bertz CT molecular complexity index is 6.85. The third-order valence-electron chi connectivity index (χ3n) is 0. The van der Waals surface area contributed by atoms with Crippen LogP contribution in [-0.4, -0.2) is 0 Å². The monoisotopic (exact) mass is 301 g/mol. The Hall–Kier alpha value is 2.26. The minimum Gasteiger partial charge on any atom is -2.00 e. The van der Waals surface area contributed by atoms with Crippen LogP contribution in [0, 0.1) is 38.2 Å². The van der Waals surface area contributed by atoms with Crippen LogP contribution >= 0.6 is 0 Å². The van der Waals surface area contributed by atoms with Gasteiger partial charge in [-0.25, -0.2) is 0 Å². The first kappa shape index (κ1) is 55.8. The summed E-state index contributed by atoms with van der Waals surface area (Å²) in [5.74, 6) is 0. The first-order valence-corrected chi connectivity index (χ1v) is 0. The van der Waals surface area contributed by atoms with Crippen LogP contribution in [0.5, 0.6) is 0 Å². The number of rotatable bonds is 0. The first-order valence-electron chi connectivity index (χ1n) is 0. The molecule has 31 valence electrons. The summed E-state index contributed by atoms with van der Waals surface area (Å²) in [5.41, 5.74) is 0. The molecule has 5 heavy (non-hydrogen) atoms. The van der Waals surface area contributed by atoms with Gasteiger partial charge in [0, 0.05) is 0 Å². The summed E-state index contributed by atoms with van der Waals surface area (Å²) < 4.78 is 0. The zero-order chi connectivity index (χ0) is 0. The summed E-state index contributed by atoms with van der Waals surface area (Å²) in [7, 11) is 0. The van der Waals surface area contributed by atoms with E-state index in [0.29, 0.717) is 0 Å². The van der Waals surface area contributed by atoms with Crippen molar-refractivity contribution in [2.24, 2.45) is 0 Å². The van der Waals surface area contributed by atoms with Gasteiger partial charge in [0.25, 0.3) is 0 Å². The van der Waals surface area contributed by atoms with Crippen molar-refractivity contribution >= 4 is 0 Å². The van der Waals surface area contributed by atoms with Crippen LogP contribution in [-0.2, 0) is 49.1 Å². The summed E-state index contributed by atoms with van der Waals surface area (Å²) >= 11 is 0. The Kier molecular flexibility index (Phi) is 379. The van der Waals surface area contributed by atoms with Crippen molar-refractivity contribution in [2.45, 2.75) is 0 Å². The molecule has 5 heteroatoms. The van der Waals surface area contributed by atoms with E-state index in [9.17, 15) is 0 Å². The van der Waals surface area contributed by atoms with Crippen molar-refractivity contribution < 1.29 is 87.3 Å². The van der Waals surface area contributed by atoms with Crippen molar-refractivity contribution in [2.75, 3.05) is 0 Å². The van der Waals surface area contributed by atoms with E-state index in [1.165, 1.54) is 0 Å². The average molecular weight is 299 g/mol. The molecule has 0 saturated heterocycles. The van der Waals surface area contributed by atoms with Crippen molar-refractivity contribution in [3.8, 4) is 0 Å². The molecule has 0 unspecified atom stereocenters. The second-order valence-corrected chi connectivity index (χ2v) is 0. The van der Waals surface area contributed by atoms with Gasteiger partial charge in [-0.05, 0) is 0 Å². The smallest absolute Gasteiger partial charge is 2.00 e. The number of hydrogen-bond acceptors (Lipinski definition) is 0. The summed E-state index contributed by atoms with van der Waals surface area (Å²) in [4.78, 5) is 0. The maximum absolute atomic E-state index is 0. The largest absolute Gasteiger partial charge is 3.00 e. The molecular formula is DyO3Y. The van der Waals surface area contributed by atoms with Gasteiger partial charge < -0.3 is 16.4 Å². The Morgan fingerprint density at radius 3 is 0.600 bits per heavy atom. The molecule has 0 aliphatic carbocycles. The minimum atomic E-state index is 0. The maximum Gasteiger partial charge on any atom is 3.00 e. The topological polar surface area (TPSA) is 85.5 Å². The van der Waals surface area contributed by atoms with Crippen LogP contribution in [0.4, 0.5) is 0 Å². The summed E-state index contributed by atoms with van der Waals surface area (Å²) in [5, 5.41) is 0. The molecule has 0 aromatic heterocycles. The second-order valence-electron chi connectivity index (χ2n) is 0. The van der Waals surface area contributed by atoms with Crippen LogP contribution in [0.1, 0.15) is 0 Å². The van der Waals surface area contributed by atoms with Crippen molar-refractivity contribution in [3.63, 3.8) is 0 Å². The fourth-order valence-corrected chi connectivity index (χ4v) is 0. The molecule has 0 aliphatic rings. The van der Waals surface area contributed by atoms with Gasteiger partial charge in [0.15, 0.2) is 0 Å². The predicted molar refractivity (Wildman–Crippen MR) is 2.06 cm³/mol. The molecule has 1 radical (unpaired) electrons. The van der Waals surface area contributed by atoms with E-state index in [1.54, 1.807) is 0 Å². The Morgan fingerprint density at radius 2 is 0.600 bits per heavy atom. The summed E-state index contributed by atoms with van der Waals surface area (Å²) in [6.45, 7) is 0. The molecule has 0 saturated carbocycles. The van der Waals surface area contributed by atoms with Gasteiger partial charge >= 0.3 is 70.9 Å². The SMILES string of the molecule is [Dy+3].[O-2].[O-2].[O-2].[Y+3]. The van der Waals surface area contributed by atoms with E-state index in [1.807, 2.05) is 0 Å². The van der Waals surface area contributed by atoms with Gasteiger partial charge in [0.1, 0.15) is 0 Å². The molecule has 0 N–H and O–H groups in total. The van der Waals surface area contributed by atoms with Gasteiger partial charge in [-0.1, -0.05) is 0 Å². The molecule has 0 fully saturated rings. The first-order chi connectivity index (χ1) is 0. The van der Waals surface area contributed by atoms with E-state index in [-0.39, 0.29) is 87.3 Å². The summed E-state index contributed by atoms with van der Waals surface area (Å²) in [6.07, 6.45) is 0. The Balaban J connectivity index is 0. The van der Waals surface area contributed by atoms with Gasteiger partial charge in [-0.3, -0.25) is 0 Å². The van der Waals surface area contributed by atoms with E-state index < -0.39 is 0 Å². The molecule has 0 aliphatic heterocycles. The molecule has 0 spiro atoms. The molecule has 0 heterocycles. The van der Waals surface area contributed by atoms with Gasteiger partial charge in [-0.15, -0.1) is 0 Å². The van der Waals surface area contributed by atoms with Crippen LogP contribution in [0.25, 0.3) is 0 Å². The normalized spacial score (nSPS) is 0. The van der Waals surface area contributed by atoms with Gasteiger partial charge in [-0.2, -0.15) is 0 Å². The molecule has 0 aromatic rings. The van der Waals surface area contributed by atoms with Crippen molar-refractivity contribution in [3.05, 3.63) is 0 Å². The van der Waals surface area contributed by atoms with Crippen molar-refractivity contribution in [1.82, 2.24) is 0 Å². The molecule has 0 aromatic carbocycles. The molecule has 0 bridgehead atoms. The maximum atomic E-state index is 0. The Morgan fingerprint density at radius 1 is 0.600 bits per heavy atom. The third-order valence-corrected chi connectivity index (χ3v) is 0. The zero-order valence-corrected chi connectivity index (χ0v) is 6.99.